The molecule has 9 heteroatoms. The summed E-state index contributed by atoms with van der Waals surface area (Å²) in [5, 5.41) is 3.77. The van der Waals surface area contributed by atoms with Crippen molar-refractivity contribution >= 4 is 29.3 Å². The lowest BCUT2D eigenvalue weighted by atomic mass is 9.86. The molecule has 0 saturated heterocycles. The van der Waals surface area contributed by atoms with Gasteiger partial charge in [0.2, 0.25) is 6.41 Å². The Bertz CT molecular complexity index is 794. The molecule has 0 saturated carbocycles. The quantitative estimate of drug-likeness (QED) is 0.596. The van der Waals surface area contributed by atoms with Crippen molar-refractivity contribution in [3.8, 4) is 12.3 Å². The fraction of sp³-hybridized carbons (Fsp3) is 0.250. The molecule has 3 rings (SSSR count). The summed E-state index contributed by atoms with van der Waals surface area (Å²) in [6.07, 6.45) is 1.85. The molecule has 21 heavy (non-hydrogen) atoms. The second kappa shape index (κ2) is 4.11. The summed E-state index contributed by atoms with van der Waals surface area (Å²) in [7, 11) is 0. The number of carbonyl (C=O) groups excluding carboxylic acids is 1. The number of aromatic nitrogens is 3. The molecule has 0 aromatic carbocycles. The highest BCUT2D eigenvalue weighted by Crippen LogP contribution is 2.49. The first-order chi connectivity index (χ1) is 9.84. The third kappa shape index (κ3) is 1.64. The van der Waals surface area contributed by atoms with Crippen molar-refractivity contribution in [3.63, 3.8) is 0 Å². The number of alkyl halides is 3. The van der Waals surface area contributed by atoms with E-state index in [0.717, 1.165) is 15.6 Å². The number of carbonyl (C=O) groups is 1. The topological polar surface area (TPSA) is 50.5 Å². The molecule has 0 bridgehead atoms. The van der Waals surface area contributed by atoms with Crippen LogP contribution in [0, 0.1) is 12.3 Å². The van der Waals surface area contributed by atoms with Gasteiger partial charge in [0.25, 0.3) is 0 Å². The molecule has 0 aliphatic carbocycles. The Morgan fingerprint density at radius 1 is 1.52 bits per heavy atom. The molecule has 0 fully saturated rings. The molecular weight excluding hydrogens is 309 g/mol. The maximum absolute atomic E-state index is 13.6. The minimum Gasteiger partial charge on any atom is -0.310 e. The summed E-state index contributed by atoms with van der Waals surface area (Å²) in [6, 6.07) is 1.31. The monoisotopic (exact) mass is 314 g/mol. The van der Waals surface area contributed by atoms with Crippen LogP contribution in [0.3, 0.4) is 0 Å². The van der Waals surface area contributed by atoms with Gasteiger partial charge in [0.1, 0.15) is 0 Å². The third-order valence-corrected chi connectivity index (χ3v) is 3.60. The van der Waals surface area contributed by atoms with Gasteiger partial charge in [-0.1, -0.05) is 17.5 Å². The lowest BCUT2D eigenvalue weighted by Gasteiger charge is -2.26. The van der Waals surface area contributed by atoms with Gasteiger partial charge < -0.3 is 4.90 Å². The number of terminal acetylenes is 1. The molecule has 2 aromatic rings. The van der Waals surface area contributed by atoms with Crippen molar-refractivity contribution in [2.45, 2.75) is 11.6 Å². The highest BCUT2D eigenvalue weighted by Gasteiger charge is 2.62. The van der Waals surface area contributed by atoms with Gasteiger partial charge in [-0.3, -0.25) is 4.79 Å². The van der Waals surface area contributed by atoms with Crippen molar-refractivity contribution in [2.75, 3.05) is 11.4 Å². The van der Waals surface area contributed by atoms with Crippen LogP contribution in [0.1, 0.15) is 5.69 Å². The van der Waals surface area contributed by atoms with Crippen LogP contribution in [0.2, 0.25) is 5.15 Å². The zero-order chi connectivity index (χ0) is 15.4. The molecule has 1 aliphatic rings. The van der Waals surface area contributed by atoms with Gasteiger partial charge in [-0.25, -0.2) is 9.50 Å². The molecule has 2 aromatic heterocycles. The molecule has 108 valence electrons. The van der Waals surface area contributed by atoms with Gasteiger partial charge >= 0.3 is 6.18 Å². The highest BCUT2D eigenvalue weighted by atomic mass is 35.5. The maximum Gasteiger partial charge on any atom is 0.412 e. The molecule has 0 N–H and O–H groups in total. The maximum atomic E-state index is 13.6. The normalized spacial score (nSPS) is 21.4. The Morgan fingerprint density at radius 3 is 2.81 bits per heavy atom. The summed E-state index contributed by atoms with van der Waals surface area (Å²) in [5.74, 6) is 1.78. The average molecular weight is 315 g/mol. The van der Waals surface area contributed by atoms with Crippen molar-refractivity contribution in [2.24, 2.45) is 0 Å². The van der Waals surface area contributed by atoms with Crippen LogP contribution < -0.4 is 4.90 Å². The fourth-order valence-corrected chi connectivity index (χ4v) is 2.61. The van der Waals surface area contributed by atoms with E-state index in [4.69, 9.17) is 18.0 Å². The minimum absolute atomic E-state index is 0.0199. The first-order valence-corrected chi connectivity index (χ1v) is 6.03. The van der Waals surface area contributed by atoms with Crippen LogP contribution in [-0.2, 0) is 10.2 Å². The molecular formula is C12H6ClF3N4O. The fourth-order valence-electron chi connectivity index (χ4n) is 2.44. The Labute approximate surface area is 121 Å². The second-order valence-corrected chi connectivity index (χ2v) is 4.90. The number of hydrogen-bond acceptors (Lipinski definition) is 3. The van der Waals surface area contributed by atoms with Gasteiger partial charge in [0.15, 0.2) is 16.2 Å². The second-order valence-electron chi connectivity index (χ2n) is 4.51. The van der Waals surface area contributed by atoms with E-state index in [2.05, 4.69) is 10.1 Å². The lowest BCUT2D eigenvalue weighted by Crippen LogP contribution is -2.45. The first-order valence-electron chi connectivity index (χ1n) is 5.65. The van der Waals surface area contributed by atoms with E-state index < -0.39 is 18.1 Å². The molecule has 0 spiro atoms. The average Bonchev–Trinajstić information content (AvgIpc) is 2.94. The summed E-state index contributed by atoms with van der Waals surface area (Å²) in [4.78, 5) is 15.8. The summed E-state index contributed by atoms with van der Waals surface area (Å²) >= 11 is 5.72. The highest BCUT2D eigenvalue weighted by molar-refractivity contribution is 6.29. The standard InChI is InChI=1S/C12H6ClF3N4O/c1-2-11(12(14,15)16)5-19(6-21)7-4-17-9-3-8(13)18-20(9)10(7)11/h1,3-4,6H,5H2/t11-/m1/s1. The van der Waals surface area contributed by atoms with Crippen molar-refractivity contribution in [3.05, 3.63) is 23.1 Å². The Hall–Kier alpha value is -2.27. The lowest BCUT2D eigenvalue weighted by molar-refractivity contribution is -0.169. The third-order valence-electron chi connectivity index (χ3n) is 3.41. The Kier molecular flexibility index (Phi) is 2.68. The number of hydrogen-bond donors (Lipinski definition) is 0. The largest absolute Gasteiger partial charge is 0.412 e. The number of nitrogens with zero attached hydrogens (tertiary/aromatic N) is 4. The van der Waals surface area contributed by atoms with Crippen LogP contribution in [0.25, 0.3) is 5.65 Å². The zero-order valence-electron chi connectivity index (χ0n) is 10.2. The minimum atomic E-state index is -4.76. The van der Waals surface area contributed by atoms with Crippen LogP contribution >= 0.6 is 11.6 Å². The SMILES string of the molecule is C#C[C@@]1(C(F)(F)F)CN(C=O)c2cnc3cc(Cl)nn3c21. The molecule has 0 unspecified atom stereocenters. The van der Waals surface area contributed by atoms with Crippen molar-refractivity contribution < 1.29 is 18.0 Å². The predicted molar refractivity (Wildman–Crippen MR) is 68.0 cm³/mol. The molecule has 1 aliphatic heterocycles. The molecule has 5 nitrogen and oxygen atoms in total. The van der Waals surface area contributed by atoms with Crippen LogP contribution in [0.4, 0.5) is 18.9 Å². The summed E-state index contributed by atoms with van der Waals surface area (Å²) < 4.78 is 41.6. The molecule has 3 heterocycles. The van der Waals surface area contributed by atoms with E-state index in [0.29, 0.717) is 0 Å². The molecule has 0 radical (unpaired) electrons. The summed E-state index contributed by atoms with van der Waals surface area (Å²) in [6.45, 7) is -0.718. The van der Waals surface area contributed by atoms with Crippen LogP contribution in [0.5, 0.6) is 0 Å². The number of amides is 1. The summed E-state index contributed by atoms with van der Waals surface area (Å²) in [5.41, 5.74) is -2.90. The van der Waals surface area contributed by atoms with Gasteiger partial charge in [0, 0.05) is 6.07 Å². The van der Waals surface area contributed by atoms with Gasteiger partial charge in [0.05, 0.1) is 24.1 Å². The Balaban J connectivity index is 2.44. The predicted octanol–water partition coefficient (Wildman–Crippen LogP) is 1.79. The van der Waals surface area contributed by atoms with Crippen LogP contribution in [-0.4, -0.2) is 33.7 Å². The van der Waals surface area contributed by atoms with Gasteiger partial charge in [-0.05, 0) is 0 Å². The zero-order valence-corrected chi connectivity index (χ0v) is 11.0. The van der Waals surface area contributed by atoms with Gasteiger partial charge in [-0.15, -0.1) is 6.42 Å². The van der Waals surface area contributed by atoms with Crippen molar-refractivity contribution in [1.82, 2.24) is 14.6 Å². The number of fused-ring (bicyclic) bond motifs is 3. The molecule has 1 amide bonds. The number of anilines is 1. The first kappa shape index (κ1) is 13.7. The van der Waals surface area contributed by atoms with Gasteiger partial charge in [-0.2, -0.15) is 18.3 Å². The number of halogens is 4. The van der Waals surface area contributed by atoms with E-state index in [1.807, 2.05) is 0 Å². The van der Waals surface area contributed by atoms with Crippen LogP contribution in [0.15, 0.2) is 12.3 Å². The number of rotatable bonds is 1. The van der Waals surface area contributed by atoms with E-state index >= 15 is 0 Å². The van der Waals surface area contributed by atoms with E-state index in [1.165, 1.54) is 6.07 Å². The van der Waals surface area contributed by atoms with E-state index in [1.54, 1.807) is 5.92 Å². The Morgan fingerprint density at radius 2 is 2.24 bits per heavy atom. The van der Waals surface area contributed by atoms with E-state index in [9.17, 15) is 18.0 Å². The molecule has 1 atom stereocenters. The smallest absolute Gasteiger partial charge is 0.310 e. The van der Waals surface area contributed by atoms with E-state index in [-0.39, 0.29) is 28.6 Å². The van der Waals surface area contributed by atoms with Crippen molar-refractivity contribution in [1.29, 1.82) is 0 Å².